The van der Waals surface area contributed by atoms with Crippen LogP contribution < -0.4 is 15.0 Å². The number of hydrogen-bond acceptors (Lipinski definition) is 5. The van der Waals surface area contributed by atoms with Crippen LogP contribution in [-0.4, -0.2) is 41.0 Å². The van der Waals surface area contributed by atoms with Gasteiger partial charge in [-0.3, -0.25) is 9.59 Å². The number of carbonyl (C=O) groups is 1. The number of likely N-dealkylation sites (N-methyl/N-ethyl adjacent to an activating group) is 1. The van der Waals surface area contributed by atoms with Crippen molar-refractivity contribution in [1.82, 2.24) is 14.9 Å². The monoisotopic (exact) mass is 407 g/mol. The summed E-state index contributed by atoms with van der Waals surface area (Å²) < 4.78 is 11.1. The quantitative estimate of drug-likeness (QED) is 0.619. The molecule has 7 nitrogen and oxygen atoms in total. The number of benzene rings is 2. The van der Waals surface area contributed by atoms with E-state index >= 15 is 0 Å². The molecule has 0 bridgehead atoms. The molecule has 0 fully saturated rings. The number of amides is 1. The van der Waals surface area contributed by atoms with Gasteiger partial charge in [0.05, 0.1) is 24.6 Å². The number of ether oxygens (including phenoxy) is 2. The molecule has 2 aromatic carbocycles. The van der Waals surface area contributed by atoms with Crippen LogP contribution in [0.4, 0.5) is 0 Å². The van der Waals surface area contributed by atoms with Gasteiger partial charge >= 0.3 is 0 Å². The Morgan fingerprint density at radius 2 is 2.00 bits per heavy atom. The summed E-state index contributed by atoms with van der Waals surface area (Å²) in [5.41, 5.74) is 1.36. The van der Waals surface area contributed by atoms with Gasteiger partial charge in [-0.2, -0.15) is 0 Å². The minimum Gasteiger partial charge on any atom is -0.493 e. The lowest BCUT2D eigenvalue weighted by atomic mass is 10.2. The van der Waals surface area contributed by atoms with Crippen LogP contribution in [-0.2, 0) is 11.3 Å². The number of allylic oxidation sites excluding steroid dienone is 1. The molecule has 3 rings (SSSR count). The minimum atomic E-state index is -0.221. The standard InChI is InChI=1S/C23H25N3O4/c1-4-8-16-11-12-19(20(13-16)29-3)30-15-22(27)26(5-2)14-21-24-18-10-7-6-9-17(18)23(28)25-21/h4,6-13H,5,14-15H2,1-3H3,(H,24,25,28). The number of para-hydroxylation sites is 1. The minimum absolute atomic E-state index is 0.148. The van der Waals surface area contributed by atoms with Crippen LogP contribution in [0.15, 0.2) is 53.3 Å². The Kier molecular flexibility index (Phi) is 6.85. The lowest BCUT2D eigenvalue weighted by Gasteiger charge is -2.21. The highest BCUT2D eigenvalue weighted by Gasteiger charge is 2.16. The first kappa shape index (κ1) is 21.1. The van der Waals surface area contributed by atoms with Crippen molar-refractivity contribution in [3.63, 3.8) is 0 Å². The highest BCUT2D eigenvalue weighted by molar-refractivity contribution is 5.78. The second-order valence-electron chi connectivity index (χ2n) is 6.64. The molecule has 0 aliphatic heterocycles. The summed E-state index contributed by atoms with van der Waals surface area (Å²) in [4.78, 5) is 33.7. The molecule has 1 aromatic heterocycles. The fourth-order valence-corrected chi connectivity index (χ4v) is 3.10. The van der Waals surface area contributed by atoms with Crippen molar-refractivity contribution in [3.8, 4) is 11.5 Å². The number of nitrogens with zero attached hydrogens (tertiary/aromatic N) is 2. The Morgan fingerprint density at radius 1 is 1.20 bits per heavy atom. The van der Waals surface area contributed by atoms with Crippen LogP contribution in [0.25, 0.3) is 17.0 Å². The number of hydrogen-bond donors (Lipinski definition) is 1. The van der Waals surface area contributed by atoms with Crippen molar-refractivity contribution >= 4 is 22.9 Å². The summed E-state index contributed by atoms with van der Waals surface area (Å²) in [5.74, 6) is 1.27. The first-order valence-electron chi connectivity index (χ1n) is 9.75. The third kappa shape index (κ3) is 4.86. The van der Waals surface area contributed by atoms with Gasteiger partial charge in [0, 0.05) is 6.54 Å². The molecule has 0 aliphatic rings. The number of aromatic nitrogens is 2. The van der Waals surface area contributed by atoms with Crippen LogP contribution in [0, 0.1) is 0 Å². The molecule has 0 saturated carbocycles. The van der Waals surface area contributed by atoms with E-state index in [2.05, 4.69) is 9.97 Å². The smallest absolute Gasteiger partial charge is 0.260 e. The van der Waals surface area contributed by atoms with Gasteiger partial charge < -0.3 is 19.4 Å². The number of aromatic amines is 1. The first-order valence-corrected chi connectivity index (χ1v) is 9.75. The number of H-pyrrole nitrogens is 1. The number of nitrogens with one attached hydrogen (secondary N) is 1. The van der Waals surface area contributed by atoms with Gasteiger partial charge in [0.25, 0.3) is 11.5 Å². The predicted molar refractivity (Wildman–Crippen MR) is 117 cm³/mol. The predicted octanol–water partition coefficient (Wildman–Crippen LogP) is 3.39. The maximum Gasteiger partial charge on any atom is 0.260 e. The van der Waals surface area contributed by atoms with Crippen molar-refractivity contribution in [2.45, 2.75) is 20.4 Å². The Bertz CT molecular complexity index is 1120. The molecule has 3 aromatic rings. The highest BCUT2D eigenvalue weighted by atomic mass is 16.5. The molecule has 0 spiro atoms. The Balaban J connectivity index is 1.70. The lowest BCUT2D eigenvalue weighted by Crippen LogP contribution is -2.35. The van der Waals surface area contributed by atoms with E-state index in [-0.39, 0.29) is 24.6 Å². The first-order chi connectivity index (χ1) is 14.5. The van der Waals surface area contributed by atoms with Crippen LogP contribution in [0.2, 0.25) is 0 Å². The second-order valence-corrected chi connectivity index (χ2v) is 6.64. The van der Waals surface area contributed by atoms with E-state index in [1.165, 1.54) is 0 Å². The summed E-state index contributed by atoms with van der Waals surface area (Å²) in [5, 5.41) is 0.521. The largest absolute Gasteiger partial charge is 0.493 e. The lowest BCUT2D eigenvalue weighted by molar-refractivity contribution is -0.133. The number of rotatable bonds is 8. The average molecular weight is 407 g/mol. The van der Waals surface area contributed by atoms with Crippen LogP contribution in [0.3, 0.4) is 0 Å². The van der Waals surface area contributed by atoms with Gasteiger partial charge in [-0.1, -0.05) is 30.4 Å². The summed E-state index contributed by atoms with van der Waals surface area (Å²) in [6.07, 6.45) is 3.89. The third-order valence-electron chi connectivity index (χ3n) is 4.63. The van der Waals surface area contributed by atoms with Crippen molar-refractivity contribution in [2.75, 3.05) is 20.3 Å². The molecule has 1 N–H and O–H groups in total. The molecule has 0 radical (unpaired) electrons. The molecule has 1 heterocycles. The molecule has 0 saturated heterocycles. The van der Waals surface area contributed by atoms with Crippen LogP contribution in [0.5, 0.6) is 11.5 Å². The normalized spacial score (nSPS) is 11.0. The maximum absolute atomic E-state index is 12.7. The van der Waals surface area contributed by atoms with Crippen molar-refractivity contribution < 1.29 is 14.3 Å². The van der Waals surface area contributed by atoms with Crippen molar-refractivity contribution in [3.05, 3.63) is 70.3 Å². The van der Waals surface area contributed by atoms with Crippen molar-refractivity contribution in [1.29, 1.82) is 0 Å². The zero-order chi connectivity index (χ0) is 21.5. The Hall–Kier alpha value is -3.61. The molecular formula is C23H25N3O4. The van der Waals surface area contributed by atoms with E-state index in [1.54, 1.807) is 36.3 Å². The number of carbonyl (C=O) groups excluding carboxylic acids is 1. The molecular weight excluding hydrogens is 382 g/mol. The summed E-state index contributed by atoms with van der Waals surface area (Å²) in [6.45, 7) is 4.30. The SMILES string of the molecule is CC=Cc1ccc(OCC(=O)N(CC)Cc2nc3ccccc3c(=O)[nH]2)c(OC)c1. The zero-order valence-corrected chi connectivity index (χ0v) is 17.3. The molecule has 0 aliphatic carbocycles. The third-order valence-corrected chi connectivity index (χ3v) is 4.63. The van der Waals surface area contributed by atoms with Crippen molar-refractivity contribution in [2.24, 2.45) is 0 Å². The summed E-state index contributed by atoms with van der Waals surface area (Å²) in [7, 11) is 1.56. The Labute approximate surface area is 175 Å². The second kappa shape index (κ2) is 9.73. The number of methoxy groups -OCH3 is 1. The molecule has 0 unspecified atom stereocenters. The molecule has 0 atom stereocenters. The van der Waals surface area contributed by atoms with Gasteiger partial charge in [0.15, 0.2) is 18.1 Å². The van der Waals surface area contributed by atoms with Gasteiger partial charge in [0.1, 0.15) is 5.82 Å². The van der Waals surface area contributed by atoms with E-state index in [0.29, 0.717) is 34.8 Å². The van der Waals surface area contributed by atoms with E-state index in [1.807, 2.05) is 44.2 Å². The molecule has 30 heavy (non-hydrogen) atoms. The van der Waals surface area contributed by atoms with Gasteiger partial charge in [-0.25, -0.2) is 4.98 Å². The molecule has 156 valence electrons. The zero-order valence-electron chi connectivity index (χ0n) is 17.3. The van der Waals surface area contributed by atoms with Gasteiger partial charge in [-0.05, 0) is 43.7 Å². The number of fused-ring (bicyclic) bond motifs is 1. The van der Waals surface area contributed by atoms with E-state index in [0.717, 1.165) is 5.56 Å². The van der Waals surface area contributed by atoms with E-state index in [4.69, 9.17) is 9.47 Å². The Morgan fingerprint density at radius 3 is 2.73 bits per heavy atom. The molecule has 7 heteroatoms. The molecule has 1 amide bonds. The fraction of sp³-hybridized carbons (Fsp3) is 0.261. The van der Waals surface area contributed by atoms with Crippen LogP contribution in [0.1, 0.15) is 25.2 Å². The maximum atomic E-state index is 12.7. The van der Waals surface area contributed by atoms with Gasteiger partial charge in [0.2, 0.25) is 0 Å². The highest BCUT2D eigenvalue weighted by Crippen LogP contribution is 2.28. The topological polar surface area (TPSA) is 84.5 Å². The van der Waals surface area contributed by atoms with E-state index < -0.39 is 0 Å². The van der Waals surface area contributed by atoms with Gasteiger partial charge in [-0.15, -0.1) is 0 Å². The summed E-state index contributed by atoms with van der Waals surface area (Å²) >= 11 is 0. The summed E-state index contributed by atoms with van der Waals surface area (Å²) in [6, 6.07) is 12.6. The fourth-order valence-electron chi connectivity index (χ4n) is 3.10. The van der Waals surface area contributed by atoms with Crippen LogP contribution >= 0.6 is 0 Å². The van der Waals surface area contributed by atoms with E-state index in [9.17, 15) is 9.59 Å². The average Bonchev–Trinajstić information content (AvgIpc) is 2.76.